The fraction of sp³-hybridized carbons (Fsp3) is 0.0741. The van der Waals surface area contributed by atoms with Crippen LogP contribution >= 0.6 is 11.6 Å². The summed E-state index contributed by atoms with van der Waals surface area (Å²) in [6.45, 7) is 2.00. The van der Waals surface area contributed by atoms with E-state index in [0.717, 1.165) is 11.1 Å². The monoisotopic (exact) mass is 482 g/mol. The first kappa shape index (κ1) is 22.3. The molecular formula is C27H19ClN4O3. The summed E-state index contributed by atoms with van der Waals surface area (Å²) in [5.41, 5.74) is 10.4. The molecule has 1 atom stereocenters. The zero-order chi connectivity index (χ0) is 24.5. The predicted octanol–water partition coefficient (Wildman–Crippen LogP) is 5.48. The molecule has 0 fully saturated rings. The van der Waals surface area contributed by atoms with E-state index >= 15 is 0 Å². The van der Waals surface area contributed by atoms with Crippen molar-refractivity contribution in [2.75, 3.05) is 0 Å². The highest BCUT2D eigenvalue weighted by Crippen LogP contribution is 2.47. The van der Waals surface area contributed by atoms with Gasteiger partial charge in [-0.1, -0.05) is 71.8 Å². The molecule has 0 aliphatic carbocycles. The second-order valence-corrected chi connectivity index (χ2v) is 8.42. The topological polar surface area (TPSA) is 114 Å². The summed E-state index contributed by atoms with van der Waals surface area (Å²) >= 11 is 6.19. The standard InChI is InChI=1S/C27H19ClN4O3/c1-15-10-12-16(13-11-15)24-23-22(19(14-29)25(30)35-26(23)32-31-24)18-7-3-5-9-21(18)34-27(33)17-6-2-4-8-20(17)28/h2-13,22H,30H2,1H3,(H,31,32)/t22-/m1/s1. The van der Waals surface area contributed by atoms with Crippen LogP contribution < -0.4 is 15.2 Å². The van der Waals surface area contributed by atoms with E-state index in [-0.39, 0.29) is 33.7 Å². The molecule has 0 bridgehead atoms. The largest absolute Gasteiger partial charge is 0.423 e. The van der Waals surface area contributed by atoms with Crippen molar-refractivity contribution >= 4 is 17.6 Å². The molecule has 3 N–H and O–H groups in total. The number of nitriles is 1. The maximum Gasteiger partial charge on any atom is 0.345 e. The van der Waals surface area contributed by atoms with Crippen LogP contribution in [0.3, 0.4) is 0 Å². The SMILES string of the molecule is Cc1ccc(-c2[nH]nc3c2[C@H](c2ccccc2OC(=O)c2ccccc2Cl)C(C#N)=C(N)O3)cc1. The fourth-order valence-electron chi connectivity index (χ4n) is 4.09. The Morgan fingerprint density at radius 2 is 1.83 bits per heavy atom. The van der Waals surface area contributed by atoms with E-state index < -0.39 is 11.9 Å². The van der Waals surface area contributed by atoms with Crippen molar-refractivity contribution in [2.45, 2.75) is 12.8 Å². The third-order valence-electron chi connectivity index (χ3n) is 5.81. The zero-order valence-corrected chi connectivity index (χ0v) is 19.3. The summed E-state index contributed by atoms with van der Waals surface area (Å²) in [6.07, 6.45) is 0. The lowest BCUT2D eigenvalue weighted by Crippen LogP contribution is -2.22. The molecule has 1 aromatic heterocycles. The molecule has 4 aromatic rings. The summed E-state index contributed by atoms with van der Waals surface area (Å²) in [7, 11) is 0. The van der Waals surface area contributed by atoms with Crippen molar-refractivity contribution in [1.82, 2.24) is 10.2 Å². The second-order valence-electron chi connectivity index (χ2n) is 8.02. The molecule has 3 aromatic carbocycles. The number of H-pyrrole nitrogens is 1. The van der Waals surface area contributed by atoms with Gasteiger partial charge in [-0.15, -0.1) is 5.10 Å². The Kier molecular flexibility index (Phi) is 5.73. The van der Waals surface area contributed by atoms with E-state index in [9.17, 15) is 10.1 Å². The van der Waals surface area contributed by atoms with Gasteiger partial charge in [0, 0.05) is 11.1 Å². The number of benzene rings is 3. The number of nitrogens with one attached hydrogen (secondary N) is 1. The molecule has 0 radical (unpaired) electrons. The van der Waals surface area contributed by atoms with Gasteiger partial charge in [-0.25, -0.2) is 4.79 Å². The molecule has 1 aliphatic heterocycles. The molecule has 35 heavy (non-hydrogen) atoms. The maximum atomic E-state index is 12.9. The van der Waals surface area contributed by atoms with Crippen LogP contribution in [-0.4, -0.2) is 16.2 Å². The van der Waals surface area contributed by atoms with Crippen molar-refractivity contribution in [3.05, 3.63) is 112 Å². The van der Waals surface area contributed by atoms with Crippen molar-refractivity contribution in [2.24, 2.45) is 5.73 Å². The Hall–Kier alpha value is -4.54. The highest BCUT2D eigenvalue weighted by Gasteiger charge is 2.37. The van der Waals surface area contributed by atoms with Gasteiger partial charge in [0.2, 0.25) is 11.8 Å². The van der Waals surface area contributed by atoms with Crippen molar-refractivity contribution in [1.29, 1.82) is 5.26 Å². The van der Waals surface area contributed by atoms with E-state index in [2.05, 4.69) is 16.3 Å². The minimum absolute atomic E-state index is 0.0563. The highest BCUT2D eigenvalue weighted by atomic mass is 35.5. The number of rotatable bonds is 4. The number of carbonyl (C=O) groups is 1. The number of fused-ring (bicyclic) bond motifs is 1. The zero-order valence-electron chi connectivity index (χ0n) is 18.6. The van der Waals surface area contributed by atoms with Gasteiger partial charge in [0.1, 0.15) is 17.4 Å². The predicted molar refractivity (Wildman–Crippen MR) is 131 cm³/mol. The van der Waals surface area contributed by atoms with E-state index in [1.54, 1.807) is 48.5 Å². The Morgan fingerprint density at radius 3 is 2.57 bits per heavy atom. The smallest absolute Gasteiger partial charge is 0.345 e. The van der Waals surface area contributed by atoms with Gasteiger partial charge >= 0.3 is 5.97 Å². The lowest BCUT2D eigenvalue weighted by Gasteiger charge is -2.25. The van der Waals surface area contributed by atoms with Crippen LogP contribution in [-0.2, 0) is 0 Å². The molecule has 0 saturated heterocycles. The van der Waals surface area contributed by atoms with Crippen LogP contribution in [0.1, 0.15) is 33.0 Å². The van der Waals surface area contributed by atoms with Gasteiger partial charge in [0.05, 0.1) is 27.8 Å². The summed E-state index contributed by atoms with van der Waals surface area (Å²) in [5, 5.41) is 17.6. The van der Waals surface area contributed by atoms with Gasteiger partial charge in [0.25, 0.3) is 0 Å². The van der Waals surface area contributed by atoms with Crippen molar-refractivity contribution < 1.29 is 14.3 Å². The molecule has 8 heteroatoms. The van der Waals surface area contributed by atoms with Crippen LogP contribution in [0.4, 0.5) is 0 Å². The van der Waals surface area contributed by atoms with Crippen LogP contribution in [0.2, 0.25) is 5.02 Å². The average molecular weight is 483 g/mol. The number of para-hydroxylation sites is 1. The molecule has 0 saturated carbocycles. The lowest BCUT2D eigenvalue weighted by molar-refractivity contribution is 0.0733. The minimum Gasteiger partial charge on any atom is -0.423 e. The maximum absolute atomic E-state index is 12.9. The van der Waals surface area contributed by atoms with E-state index in [1.165, 1.54) is 0 Å². The molecule has 0 amide bonds. The number of allylic oxidation sites excluding steroid dienone is 1. The normalized spacial score (nSPS) is 14.6. The van der Waals surface area contributed by atoms with Crippen molar-refractivity contribution in [3.63, 3.8) is 0 Å². The second kappa shape index (κ2) is 9.01. The lowest BCUT2D eigenvalue weighted by atomic mass is 9.82. The third-order valence-corrected chi connectivity index (χ3v) is 6.14. The molecule has 0 unspecified atom stereocenters. The fourth-order valence-corrected chi connectivity index (χ4v) is 4.30. The van der Waals surface area contributed by atoms with Crippen LogP contribution in [0.25, 0.3) is 11.3 Å². The third kappa shape index (κ3) is 4.01. The van der Waals surface area contributed by atoms with Gasteiger partial charge in [-0.3, -0.25) is 5.10 Å². The number of aryl methyl sites for hydroxylation is 1. The summed E-state index contributed by atoms with van der Waals surface area (Å²) in [4.78, 5) is 12.9. The van der Waals surface area contributed by atoms with Gasteiger partial charge < -0.3 is 15.2 Å². The van der Waals surface area contributed by atoms with E-state index in [1.807, 2.05) is 31.2 Å². The first-order valence-electron chi connectivity index (χ1n) is 10.8. The molecule has 7 nitrogen and oxygen atoms in total. The summed E-state index contributed by atoms with van der Waals surface area (Å²) in [6, 6.07) is 23.7. The summed E-state index contributed by atoms with van der Waals surface area (Å²) < 4.78 is 11.5. The minimum atomic E-state index is -0.686. The Labute approximate surface area is 206 Å². The number of hydrogen-bond acceptors (Lipinski definition) is 6. The summed E-state index contributed by atoms with van der Waals surface area (Å²) in [5.74, 6) is -0.828. The Morgan fingerprint density at radius 1 is 1.11 bits per heavy atom. The molecular weight excluding hydrogens is 464 g/mol. The van der Waals surface area contributed by atoms with E-state index in [4.69, 9.17) is 26.8 Å². The number of nitrogens with two attached hydrogens (primary N) is 1. The number of hydrogen-bond donors (Lipinski definition) is 2. The molecule has 5 rings (SSSR count). The molecule has 0 spiro atoms. The van der Waals surface area contributed by atoms with Gasteiger partial charge in [0.15, 0.2) is 0 Å². The molecule has 172 valence electrons. The quantitative estimate of drug-likeness (QED) is 0.294. The number of halogens is 1. The Balaban J connectivity index is 1.65. The molecule has 2 heterocycles. The molecule has 1 aliphatic rings. The van der Waals surface area contributed by atoms with Gasteiger partial charge in [-0.2, -0.15) is 5.26 Å². The number of esters is 1. The Bertz CT molecular complexity index is 1520. The highest BCUT2D eigenvalue weighted by molar-refractivity contribution is 6.33. The average Bonchev–Trinajstić information content (AvgIpc) is 3.27. The number of ether oxygens (including phenoxy) is 2. The number of carbonyl (C=O) groups excluding carboxylic acids is 1. The van der Waals surface area contributed by atoms with Crippen LogP contribution in [0.15, 0.2) is 84.3 Å². The first-order chi connectivity index (χ1) is 17.0. The van der Waals surface area contributed by atoms with E-state index in [0.29, 0.717) is 16.8 Å². The number of aromatic nitrogens is 2. The van der Waals surface area contributed by atoms with Gasteiger partial charge in [-0.05, 0) is 25.1 Å². The number of nitrogens with zero attached hydrogens (tertiary/aromatic N) is 2. The van der Waals surface area contributed by atoms with Crippen LogP contribution in [0, 0.1) is 18.3 Å². The van der Waals surface area contributed by atoms with Crippen LogP contribution in [0.5, 0.6) is 11.6 Å². The number of aromatic amines is 1. The first-order valence-corrected chi connectivity index (χ1v) is 11.1. The van der Waals surface area contributed by atoms with Crippen molar-refractivity contribution in [3.8, 4) is 29.0 Å².